The minimum absolute atomic E-state index is 0. The van der Waals surface area contributed by atoms with Gasteiger partial charge >= 0.3 is 0 Å². The number of aryl methyl sites for hydroxylation is 1. The first kappa shape index (κ1) is 17.0. The number of hydrogen-bond donors (Lipinski definition) is 3. The quantitative estimate of drug-likeness (QED) is 0.710. The number of hydrogen-bond acceptors (Lipinski definition) is 4. The van der Waals surface area contributed by atoms with E-state index in [1.807, 2.05) is 6.92 Å². The Kier molecular flexibility index (Phi) is 4.94. The van der Waals surface area contributed by atoms with E-state index in [4.69, 9.17) is 5.73 Å². The molecule has 7 heteroatoms. The van der Waals surface area contributed by atoms with E-state index in [9.17, 15) is 14.7 Å². The van der Waals surface area contributed by atoms with Crippen LogP contribution in [-0.2, 0) is 6.42 Å². The van der Waals surface area contributed by atoms with E-state index in [0.29, 0.717) is 37.2 Å². The molecular weight excluding hydrogens is 306 g/mol. The third-order valence-corrected chi connectivity index (χ3v) is 4.40. The lowest BCUT2D eigenvalue weighted by Gasteiger charge is -2.33. The summed E-state index contributed by atoms with van der Waals surface area (Å²) in [5.41, 5.74) is 8.63. The van der Waals surface area contributed by atoms with Crippen molar-refractivity contribution >= 4 is 24.1 Å². The molecule has 1 aromatic rings. The Morgan fingerprint density at radius 2 is 2.09 bits per heavy atom. The van der Waals surface area contributed by atoms with Crippen molar-refractivity contribution in [3.63, 3.8) is 0 Å². The molecule has 0 saturated carbocycles. The number of likely N-dealkylation sites (tertiary alicyclic amines) is 1. The second-order valence-electron chi connectivity index (χ2n) is 6.12. The molecule has 22 heavy (non-hydrogen) atoms. The third kappa shape index (κ3) is 2.91. The van der Waals surface area contributed by atoms with Crippen LogP contribution in [0, 0.1) is 6.92 Å². The van der Waals surface area contributed by atoms with Crippen LogP contribution in [0.3, 0.4) is 0 Å². The third-order valence-electron chi connectivity index (χ3n) is 4.40. The minimum atomic E-state index is -0.579. The van der Waals surface area contributed by atoms with Crippen molar-refractivity contribution in [1.29, 1.82) is 0 Å². The van der Waals surface area contributed by atoms with Crippen LogP contribution in [0.1, 0.15) is 51.4 Å². The van der Waals surface area contributed by atoms with Gasteiger partial charge in [0.25, 0.3) is 5.91 Å². The number of amides is 1. The number of nitrogens with two attached hydrogens (primary N) is 1. The Labute approximate surface area is 135 Å². The molecule has 0 radical (unpaired) electrons. The van der Waals surface area contributed by atoms with Gasteiger partial charge in [-0.25, -0.2) is 0 Å². The minimum Gasteiger partial charge on any atom is -0.391 e. The molecule has 1 aromatic heterocycles. The highest BCUT2D eigenvalue weighted by atomic mass is 35.5. The molecule has 1 amide bonds. The summed E-state index contributed by atoms with van der Waals surface area (Å²) in [6.45, 7) is 2.54. The summed E-state index contributed by atoms with van der Waals surface area (Å²) in [5, 5.41) is 9.78. The number of aromatic nitrogens is 1. The fourth-order valence-electron chi connectivity index (χ4n) is 3.42. The molecule has 122 valence electrons. The number of nitrogens with zero attached hydrogens (tertiary/aromatic N) is 1. The van der Waals surface area contributed by atoms with E-state index in [1.165, 1.54) is 0 Å². The molecule has 4 N–H and O–H groups in total. The van der Waals surface area contributed by atoms with Crippen molar-refractivity contribution in [1.82, 2.24) is 9.88 Å². The van der Waals surface area contributed by atoms with Gasteiger partial charge in [-0.05, 0) is 31.7 Å². The maximum absolute atomic E-state index is 12.7. The Morgan fingerprint density at radius 3 is 2.73 bits per heavy atom. The van der Waals surface area contributed by atoms with Gasteiger partial charge < -0.3 is 20.7 Å². The van der Waals surface area contributed by atoms with Crippen molar-refractivity contribution in [3.05, 3.63) is 22.5 Å². The highest BCUT2D eigenvalue weighted by Gasteiger charge is 2.32. The van der Waals surface area contributed by atoms with E-state index >= 15 is 0 Å². The van der Waals surface area contributed by atoms with Crippen molar-refractivity contribution < 1.29 is 14.7 Å². The summed E-state index contributed by atoms with van der Waals surface area (Å²) < 4.78 is 0. The normalized spacial score (nSPS) is 24.7. The number of fused-ring (bicyclic) bond motifs is 1. The molecule has 3 rings (SSSR count). The maximum atomic E-state index is 12.7. The fraction of sp³-hybridized carbons (Fsp3) is 0.600. The molecule has 0 aromatic carbocycles. The lowest BCUT2D eigenvalue weighted by atomic mass is 9.93. The van der Waals surface area contributed by atoms with Gasteiger partial charge in [0, 0.05) is 36.8 Å². The molecule has 1 fully saturated rings. The number of carbonyl (C=O) groups excluding carboxylic acids is 2. The zero-order chi connectivity index (χ0) is 15.1. The van der Waals surface area contributed by atoms with E-state index < -0.39 is 6.10 Å². The second-order valence-corrected chi connectivity index (χ2v) is 6.12. The number of ketones is 1. The Bertz CT molecular complexity index is 589. The smallest absolute Gasteiger partial charge is 0.270 e. The SMILES string of the molecule is Cc1c(C(=O)N2C[C@@H](N)C[C@@H](O)C2)[nH]c2c1C(=O)CCC2.Cl. The molecular formula is C15H22ClN3O3. The van der Waals surface area contributed by atoms with Gasteiger partial charge in [0.05, 0.1) is 6.10 Å². The first-order chi connectivity index (χ1) is 9.97. The molecule has 2 aliphatic rings. The molecule has 1 saturated heterocycles. The number of β-amino-alcohol motifs (C(OH)–C–C–N with tert-alkyl or cyclic N) is 1. The zero-order valence-electron chi connectivity index (χ0n) is 12.6. The summed E-state index contributed by atoms with van der Waals surface area (Å²) in [6, 6.07) is -0.204. The zero-order valence-corrected chi connectivity index (χ0v) is 13.4. The first-order valence-electron chi connectivity index (χ1n) is 7.45. The summed E-state index contributed by atoms with van der Waals surface area (Å²) in [4.78, 5) is 29.4. The molecule has 1 aliphatic heterocycles. The van der Waals surface area contributed by atoms with Crippen LogP contribution in [0.2, 0.25) is 0 Å². The number of nitrogens with one attached hydrogen (secondary N) is 1. The second kappa shape index (κ2) is 6.40. The monoisotopic (exact) mass is 327 g/mol. The van der Waals surface area contributed by atoms with Crippen LogP contribution in [0.15, 0.2) is 0 Å². The number of halogens is 1. The number of aliphatic hydroxyl groups is 1. The lowest BCUT2D eigenvalue weighted by molar-refractivity contribution is 0.0419. The Hall–Kier alpha value is -1.37. The largest absolute Gasteiger partial charge is 0.391 e. The summed E-state index contributed by atoms with van der Waals surface area (Å²) in [6.07, 6.45) is 2.11. The van der Waals surface area contributed by atoms with Crippen molar-refractivity contribution in [2.24, 2.45) is 5.73 Å². The predicted molar refractivity (Wildman–Crippen MR) is 84.5 cm³/mol. The van der Waals surface area contributed by atoms with Crippen LogP contribution in [0.5, 0.6) is 0 Å². The fourth-order valence-corrected chi connectivity index (χ4v) is 3.42. The number of piperidine rings is 1. The maximum Gasteiger partial charge on any atom is 0.270 e. The van der Waals surface area contributed by atoms with Crippen LogP contribution < -0.4 is 5.73 Å². The summed E-state index contributed by atoms with van der Waals surface area (Å²) in [5.74, 6) is -0.0664. The number of carbonyl (C=O) groups is 2. The van der Waals surface area contributed by atoms with Gasteiger partial charge in [0.2, 0.25) is 0 Å². The summed E-state index contributed by atoms with van der Waals surface area (Å²) in [7, 11) is 0. The van der Waals surface area contributed by atoms with Crippen molar-refractivity contribution in [2.75, 3.05) is 13.1 Å². The number of Topliss-reactive ketones (excluding diaryl/α,β-unsaturated/α-hetero) is 1. The van der Waals surface area contributed by atoms with Gasteiger partial charge in [-0.1, -0.05) is 0 Å². The Balaban J connectivity index is 0.00000176. The molecule has 1 aliphatic carbocycles. The molecule has 2 atom stereocenters. The van der Waals surface area contributed by atoms with Crippen LogP contribution in [0.4, 0.5) is 0 Å². The highest BCUT2D eigenvalue weighted by Crippen LogP contribution is 2.27. The average Bonchev–Trinajstić information content (AvgIpc) is 2.75. The number of H-pyrrole nitrogens is 1. The standard InChI is InChI=1S/C15H21N3O3.ClH/c1-8-13-11(3-2-4-12(13)20)17-14(8)15(21)18-6-9(16)5-10(19)7-18;/h9-10,17,19H,2-7,16H2,1H3;1H/t9-,10+;/m0./s1. The Morgan fingerprint density at radius 1 is 1.36 bits per heavy atom. The van der Waals surface area contributed by atoms with Crippen LogP contribution in [-0.4, -0.2) is 51.9 Å². The predicted octanol–water partition coefficient (Wildman–Crippen LogP) is 0.798. The van der Waals surface area contributed by atoms with Gasteiger partial charge in [-0.3, -0.25) is 9.59 Å². The van der Waals surface area contributed by atoms with E-state index in [0.717, 1.165) is 24.1 Å². The van der Waals surface area contributed by atoms with Crippen molar-refractivity contribution in [3.8, 4) is 0 Å². The number of aromatic amines is 1. The number of aliphatic hydroxyl groups excluding tert-OH is 1. The molecule has 0 spiro atoms. The van der Waals surface area contributed by atoms with E-state index in [2.05, 4.69) is 4.98 Å². The van der Waals surface area contributed by atoms with E-state index in [1.54, 1.807) is 4.90 Å². The lowest BCUT2D eigenvalue weighted by Crippen LogP contribution is -2.51. The van der Waals surface area contributed by atoms with Gasteiger partial charge in [0.1, 0.15) is 5.69 Å². The van der Waals surface area contributed by atoms with Gasteiger partial charge in [-0.2, -0.15) is 0 Å². The molecule has 0 bridgehead atoms. The van der Waals surface area contributed by atoms with Crippen LogP contribution in [0.25, 0.3) is 0 Å². The topological polar surface area (TPSA) is 99.4 Å². The molecule has 0 unspecified atom stereocenters. The van der Waals surface area contributed by atoms with Crippen molar-refractivity contribution in [2.45, 2.75) is 44.8 Å². The van der Waals surface area contributed by atoms with Crippen LogP contribution >= 0.6 is 12.4 Å². The first-order valence-corrected chi connectivity index (χ1v) is 7.45. The number of rotatable bonds is 1. The average molecular weight is 328 g/mol. The molecule has 6 nitrogen and oxygen atoms in total. The van der Waals surface area contributed by atoms with Gasteiger partial charge in [0.15, 0.2) is 5.78 Å². The summed E-state index contributed by atoms with van der Waals surface area (Å²) >= 11 is 0. The molecule has 2 heterocycles. The van der Waals surface area contributed by atoms with Gasteiger partial charge in [-0.15, -0.1) is 12.4 Å². The van der Waals surface area contributed by atoms with E-state index in [-0.39, 0.29) is 30.1 Å². The highest BCUT2D eigenvalue weighted by molar-refractivity contribution is 6.04.